The third-order valence-electron chi connectivity index (χ3n) is 4.03. The van der Waals surface area contributed by atoms with Crippen molar-refractivity contribution in [3.63, 3.8) is 0 Å². The van der Waals surface area contributed by atoms with Gasteiger partial charge in [-0.2, -0.15) is 0 Å². The zero-order valence-electron chi connectivity index (χ0n) is 10.6. The highest BCUT2D eigenvalue weighted by atomic mass is 79.9. The molecule has 0 radical (unpaired) electrons. The minimum atomic E-state index is 0.593. The largest absolute Gasteiger partial charge is 0.317 e. The van der Waals surface area contributed by atoms with Crippen molar-refractivity contribution in [3.05, 3.63) is 34.8 Å². The van der Waals surface area contributed by atoms with Crippen LogP contribution in [0.25, 0.3) is 5.52 Å². The van der Waals surface area contributed by atoms with Crippen LogP contribution in [0.5, 0.6) is 0 Å². The minimum Gasteiger partial charge on any atom is -0.317 e. The second-order valence-corrected chi connectivity index (χ2v) is 5.81. The molecular formula is C14H18BrN3. The Hall–Kier alpha value is -0.870. The first kappa shape index (κ1) is 12.2. The molecular weight excluding hydrogens is 290 g/mol. The molecule has 1 fully saturated rings. The Morgan fingerprint density at radius 3 is 2.78 bits per heavy atom. The van der Waals surface area contributed by atoms with Gasteiger partial charge < -0.3 is 9.72 Å². The van der Waals surface area contributed by atoms with Gasteiger partial charge in [-0.25, -0.2) is 4.98 Å². The van der Waals surface area contributed by atoms with Crippen molar-refractivity contribution >= 4 is 21.4 Å². The SMILES string of the molecule is CNC1CCC(c2nc(Br)c3ccccn23)CC1. The van der Waals surface area contributed by atoms with E-state index in [1.54, 1.807) is 0 Å². The first-order chi connectivity index (χ1) is 8.79. The summed E-state index contributed by atoms with van der Waals surface area (Å²) in [4.78, 5) is 4.72. The third-order valence-corrected chi connectivity index (χ3v) is 4.61. The van der Waals surface area contributed by atoms with Crippen LogP contribution in [-0.2, 0) is 0 Å². The van der Waals surface area contributed by atoms with Gasteiger partial charge in [0, 0.05) is 18.2 Å². The number of halogens is 1. The molecule has 18 heavy (non-hydrogen) atoms. The summed E-state index contributed by atoms with van der Waals surface area (Å²) >= 11 is 3.57. The molecule has 0 aliphatic heterocycles. The van der Waals surface area contributed by atoms with Gasteiger partial charge >= 0.3 is 0 Å². The van der Waals surface area contributed by atoms with E-state index in [9.17, 15) is 0 Å². The maximum absolute atomic E-state index is 4.72. The van der Waals surface area contributed by atoms with Gasteiger partial charge in [0.05, 0.1) is 5.52 Å². The summed E-state index contributed by atoms with van der Waals surface area (Å²) < 4.78 is 3.20. The third kappa shape index (κ3) is 2.08. The lowest BCUT2D eigenvalue weighted by atomic mass is 9.85. The molecule has 0 atom stereocenters. The van der Waals surface area contributed by atoms with E-state index in [4.69, 9.17) is 4.98 Å². The van der Waals surface area contributed by atoms with Crippen LogP contribution in [0.4, 0.5) is 0 Å². The molecule has 0 saturated heterocycles. The van der Waals surface area contributed by atoms with Gasteiger partial charge in [0.2, 0.25) is 0 Å². The number of nitrogens with one attached hydrogen (secondary N) is 1. The number of hydrogen-bond donors (Lipinski definition) is 1. The average Bonchev–Trinajstić information content (AvgIpc) is 2.77. The number of aromatic nitrogens is 2. The summed E-state index contributed by atoms with van der Waals surface area (Å²) in [6.45, 7) is 0. The Bertz CT molecular complexity index is 541. The summed E-state index contributed by atoms with van der Waals surface area (Å²) in [5, 5.41) is 3.38. The summed E-state index contributed by atoms with van der Waals surface area (Å²) in [7, 11) is 2.06. The smallest absolute Gasteiger partial charge is 0.132 e. The molecule has 0 aromatic carbocycles. The highest BCUT2D eigenvalue weighted by Gasteiger charge is 2.25. The highest BCUT2D eigenvalue weighted by Crippen LogP contribution is 2.34. The molecule has 1 aliphatic rings. The number of nitrogens with zero attached hydrogens (tertiary/aromatic N) is 2. The van der Waals surface area contributed by atoms with Gasteiger partial charge in [-0.15, -0.1) is 0 Å². The molecule has 0 unspecified atom stereocenters. The van der Waals surface area contributed by atoms with E-state index in [-0.39, 0.29) is 0 Å². The standard InChI is InChI=1S/C14H18BrN3/c1-16-11-7-5-10(6-8-11)14-17-13(15)12-4-2-3-9-18(12)14/h2-4,9-11,16H,5-8H2,1H3. The van der Waals surface area contributed by atoms with Gasteiger partial charge in [0.25, 0.3) is 0 Å². The lowest BCUT2D eigenvalue weighted by Crippen LogP contribution is -2.29. The summed E-state index contributed by atoms with van der Waals surface area (Å²) in [6.07, 6.45) is 7.07. The average molecular weight is 308 g/mol. The Balaban J connectivity index is 1.91. The van der Waals surface area contributed by atoms with Crippen LogP contribution < -0.4 is 5.32 Å². The van der Waals surface area contributed by atoms with Gasteiger partial charge in [-0.05, 0) is 60.8 Å². The van der Waals surface area contributed by atoms with E-state index in [0.717, 1.165) is 4.60 Å². The van der Waals surface area contributed by atoms with Crippen LogP contribution in [0.1, 0.15) is 37.4 Å². The molecule has 4 heteroatoms. The van der Waals surface area contributed by atoms with Gasteiger partial charge in [0.15, 0.2) is 0 Å². The minimum absolute atomic E-state index is 0.593. The molecule has 2 aromatic heterocycles. The second kappa shape index (κ2) is 5.02. The van der Waals surface area contributed by atoms with Crippen molar-refractivity contribution in [2.45, 2.75) is 37.6 Å². The van der Waals surface area contributed by atoms with E-state index in [1.807, 2.05) is 0 Å². The summed E-state index contributed by atoms with van der Waals surface area (Å²) in [6, 6.07) is 6.93. The molecule has 1 N–H and O–H groups in total. The molecule has 3 nitrogen and oxygen atoms in total. The van der Waals surface area contributed by atoms with E-state index >= 15 is 0 Å². The lowest BCUT2D eigenvalue weighted by molar-refractivity contribution is 0.350. The maximum atomic E-state index is 4.72. The summed E-state index contributed by atoms with van der Waals surface area (Å²) in [5.41, 5.74) is 1.17. The van der Waals surface area contributed by atoms with Crippen LogP contribution in [0.2, 0.25) is 0 Å². The number of rotatable bonds is 2. The topological polar surface area (TPSA) is 29.3 Å². The van der Waals surface area contributed by atoms with Crippen LogP contribution in [0.15, 0.2) is 29.0 Å². The van der Waals surface area contributed by atoms with Crippen molar-refractivity contribution < 1.29 is 0 Å². The maximum Gasteiger partial charge on any atom is 0.132 e. The highest BCUT2D eigenvalue weighted by molar-refractivity contribution is 9.10. The van der Waals surface area contributed by atoms with Gasteiger partial charge in [0.1, 0.15) is 10.4 Å². The molecule has 1 aliphatic carbocycles. The summed E-state index contributed by atoms with van der Waals surface area (Å²) in [5.74, 6) is 1.81. The quantitative estimate of drug-likeness (QED) is 0.922. The Morgan fingerprint density at radius 2 is 2.06 bits per heavy atom. The Morgan fingerprint density at radius 1 is 1.28 bits per heavy atom. The van der Waals surface area contributed by atoms with E-state index in [1.165, 1.54) is 37.0 Å². The van der Waals surface area contributed by atoms with Crippen molar-refractivity contribution in [3.8, 4) is 0 Å². The van der Waals surface area contributed by atoms with Crippen LogP contribution in [0.3, 0.4) is 0 Å². The fraction of sp³-hybridized carbons (Fsp3) is 0.500. The number of fused-ring (bicyclic) bond motifs is 1. The zero-order chi connectivity index (χ0) is 12.5. The first-order valence-corrected chi connectivity index (χ1v) is 7.38. The fourth-order valence-electron chi connectivity index (χ4n) is 2.95. The molecule has 3 rings (SSSR count). The van der Waals surface area contributed by atoms with E-state index < -0.39 is 0 Å². The molecule has 0 spiro atoms. The normalized spacial score (nSPS) is 24.6. The predicted molar refractivity (Wildman–Crippen MR) is 76.9 cm³/mol. The molecule has 2 aromatic rings. The lowest BCUT2D eigenvalue weighted by Gasteiger charge is -2.27. The zero-order valence-corrected chi connectivity index (χ0v) is 12.2. The number of pyridine rings is 1. The van der Waals surface area contributed by atoms with Gasteiger partial charge in [-0.1, -0.05) is 6.07 Å². The van der Waals surface area contributed by atoms with Crippen LogP contribution in [-0.4, -0.2) is 22.5 Å². The molecule has 1 saturated carbocycles. The first-order valence-electron chi connectivity index (χ1n) is 6.59. The Labute approximate surface area is 116 Å². The number of imidazole rings is 1. The van der Waals surface area contributed by atoms with Crippen molar-refractivity contribution in [2.24, 2.45) is 0 Å². The van der Waals surface area contributed by atoms with Crippen LogP contribution >= 0.6 is 15.9 Å². The molecule has 96 valence electrons. The van der Waals surface area contributed by atoms with Crippen molar-refractivity contribution in [1.29, 1.82) is 0 Å². The van der Waals surface area contributed by atoms with E-state index in [0.29, 0.717) is 12.0 Å². The molecule has 0 bridgehead atoms. The monoisotopic (exact) mass is 307 g/mol. The van der Waals surface area contributed by atoms with E-state index in [2.05, 4.69) is 57.1 Å². The van der Waals surface area contributed by atoms with Crippen molar-refractivity contribution in [1.82, 2.24) is 14.7 Å². The Kier molecular flexibility index (Phi) is 3.39. The molecule has 2 heterocycles. The van der Waals surface area contributed by atoms with Gasteiger partial charge in [-0.3, -0.25) is 0 Å². The fourth-order valence-corrected chi connectivity index (χ4v) is 3.46. The van der Waals surface area contributed by atoms with Crippen molar-refractivity contribution in [2.75, 3.05) is 7.05 Å². The predicted octanol–water partition coefficient (Wildman–Crippen LogP) is 3.34. The number of hydrogen-bond acceptors (Lipinski definition) is 2. The molecule has 0 amide bonds. The van der Waals surface area contributed by atoms with Crippen LogP contribution in [0, 0.1) is 0 Å². The second-order valence-electron chi connectivity index (χ2n) is 5.05.